The molecule has 3 heterocycles. The SMILES string of the molecule is CC1(C2CCN(S(=O)(=O)c3ccco3)CC2)NC(=O)NC1=O. The van der Waals surface area contributed by atoms with E-state index in [4.69, 9.17) is 4.42 Å². The van der Waals surface area contributed by atoms with E-state index < -0.39 is 21.6 Å². The molecule has 8 nitrogen and oxygen atoms in total. The topological polar surface area (TPSA) is 109 Å². The lowest BCUT2D eigenvalue weighted by Gasteiger charge is -2.37. The van der Waals surface area contributed by atoms with Gasteiger partial charge in [0.05, 0.1) is 6.26 Å². The third-order valence-electron chi connectivity index (χ3n) is 4.43. The Balaban J connectivity index is 1.71. The van der Waals surface area contributed by atoms with Crippen LogP contribution in [0.15, 0.2) is 27.9 Å². The molecule has 3 amide bonds. The molecule has 1 aromatic rings. The maximum atomic E-state index is 12.4. The van der Waals surface area contributed by atoms with Crippen LogP contribution < -0.4 is 10.6 Å². The Morgan fingerprint density at radius 2 is 2.00 bits per heavy atom. The predicted molar refractivity (Wildman–Crippen MR) is 75.3 cm³/mol. The van der Waals surface area contributed by atoms with Crippen molar-refractivity contribution in [2.75, 3.05) is 13.1 Å². The van der Waals surface area contributed by atoms with Crippen LogP contribution in [0.3, 0.4) is 0 Å². The van der Waals surface area contributed by atoms with Crippen LogP contribution in [0.4, 0.5) is 4.79 Å². The maximum absolute atomic E-state index is 12.4. The molecule has 0 radical (unpaired) electrons. The summed E-state index contributed by atoms with van der Waals surface area (Å²) >= 11 is 0. The van der Waals surface area contributed by atoms with Gasteiger partial charge in [-0.05, 0) is 37.8 Å². The molecule has 2 aliphatic rings. The largest absolute Gasteiger partial charge is 0.452 e. The number of rotatable bonds is 3. The van der Waals surface area contributed by atoms with Crippen LogP contribution in [0.25, 0.3) is 0 Å². The highest BCUT2D eigenvalue weighted by Gasteiger charge is 2.49. The smallest absolute Gasteiger partial charge is 0.322 e. The maximum Gasteiger partial charge on any atom is 0.322 e. The van der Waals surface area contributed by atoms with E-state index in [0.717, 1.165) is 0 Å². The Kier molecular flexibility index (Phi) is 3.48. The number of furan rings is 1. The summed E-state index contributed by atoms with van der Waals surface area (Å²) in [5.41, 5.74) is -0.975. The minimum absolute atomic E-state index is 0.0796. The third-order valence-corrected chi connectivity index (χ3v) is 6.22. The fraction of sp³-hybridized carbons (Fsp3) is 0.538. The predicted octanol–water partition coefficient (Wildman–Crippen LogP) is 0.278. The van der Waals surface area contributed by atoms with Crippen molar-refractivity contribution in [3.8, 4) is 0 Å². The standard InChI is InChI=1S/C13H17N3O5S/c1-13(11(17)14-12(18)15-13)9-4-6-16(7-5-9)22(19,20)10-3-2-8-21-10/h2-3,8-9H,4-7H2,1H3,(H2,14,15,17,18). The fourth-order valence-corrected chi connectivity index (χ4v) is 4.43. The van der Waals surface area contributed by atoms with E-state index in [0.29, 0.717) is 12.8 Å². The Labute approximate surface area is 127 Å². The fourth-order valence-electron chi connectivity index (χ4n) is 3.06. The second-order valence-electron chi connectivity index (χ2n) is 5.72. The average molecular weight is 327 g/mol. The lowest BCUT2D eigenvalue weighted by Crippen LogP contribution is -2.54. The molecule has 0 aromatic carbocycles. The first-order valence-electron chi connectivity index (χ1n) is 7.01. The van der Waals surface area contributed by atoms with Crippen molar-refractivity contribution in [1.82, 2.24) is 14.9 Å². The lowest BCUT2D eigenvalue weighted by atomic mass is 9.79. The molecular formula is C13H17N3O5S. The molecule has 22 heavy (non-hydrogen) atoms. The highest BCUT2D eigenvalue weighted by Crippen LogP contribution is 2.32. The van der Waals surface area contributed by atoms with Crippen LogP contribution in [-0.2, 0) is 14.8 Å². The molecule has 120 valence electrons. The normalized spacial score (nSPS) is 27.7. The van der Waals surface area contributed by atoms with E-state index in [1.165, 1.54) is 22.7 Å². The molecule has 1 unspecified atom stereocenters. The summed E-state index contributed by atoms with van der Waals surface area (Å²) in [7, 11) is -3.63. The number of amides is 3. The average Bonchev–Trinajstić information content (AvgIpc) is 3.09. The van der Waals surface area contributed by atoms with Gasteiger partial charge in [-0.3, -0.25) is 10.1 Å². The molecule has 2 saturated heterocycles. The number of carbonyl (C=O) groups excluding carboxylic acids is 2. The van der Waals surface area contributed by atoms with E-state index in [9.17, 15) is 18.0 Å². The molecule has 1 atom stereocenters. The van der Waals surface area contributed by atoms with Crippen molar-refractivity contribution in [2.45, 2.75) is 30.4 Å². The van der Waals surface area contributed by atoms with Gasteiger partial charge < -0.3 is 9.73 Å². The van der Waals surface area contributed by atoms with Crippen molar-refractivity contribution in [3.05, 3.63) is 18.4 Å². The zero-order valence-electron chi connectivity index (χ0n) is 12.0. The van der Waals surface area contributed by atoms with Gasteiger partial charge in [-0.2, -0.15) is 4.31 Å². The molecule has 1 aromatic heterocycles. The number of piperidine rings is 1. The first-order chi connectivity index (χ1) is 10.3. The molecule has 0 bridgehead atoms. The Bertz CT molecular complexity index is 691. The van der Waals surface area contributed by atoms with Crippen LogP contribution in [0.5, 0.6) is 0 Å². The van der Waals surface area contributed by atoms with Gasteiger partial charge in [-0.1, -0.05) is 0 Å². The van der Waals surface area contributed by atoms with Crippen molar-refractivity contribution in [3.63, 3.8) is 0 Å². The molecule has 9 heteroatoms. The summed E-state index contributed by atoms with van der Waals surface area (Å²) in [6, 6.07) is 2.44. The van der Waals surface area contributed by atoms with Crippen LogP contribution >= 0.6 is 0 Å². The quantitative estimate of drug-likeness (QED) is 0.775. The van der Waals surface area contributed by atoms with Crippen LogP contribution in [0.2, 0.25) is 0 Å². The molecule has 2 fully saturated rings. The van der Waals surface area contributed by atoms with E-state index in [2.05, 4.69) is 10.6 Å². The third kappa shape index (κ3) is 2.30. The Morgan fingerprint density at radius 3 is 2.50 bits per heavy atom. The van der Waals surface area contributed by atoms with Gasteiger partial charge in [0.2, 0.25) is 5.09 Å². The van der Waals surface area contributed by atoms with E-state index in [-0.39, 0.29) is 30.0 Å². The summed E-state index contributed by atoms with van der Waals surface area (Å²) in [4.78, 5) is 23.3. The number of imide groups is 1. The highest BCUT2D eigenvalue weighted by atomic mass is 32.2. The zero-order valence-corrected chi connectivity index (χ0v) is 12.9. The minimum atomic E-state index is -3.63. The molecule has 2 N–H and O–H groups in total. The second-order valence-corrected chi connectivity index (χ2v) is 7.59. The monoisotopic (exact) mass is 327 g/mol. The van der Waals surface area contributed by atoms with Gasteiger partial charge >= 0.3 is 6.03 Å². The second kappa shape index (κ2) is 5.10. The van der Waals surface area contributed by atoms with E-state index in [1.807, 2.05) is 0 Å². The number of nitrogens with one attached hydrogen (secondary N) is 2. The van der Waals surface area contributed by atoms with Gasteiger partial charge in [-0.25, -0.2) is 13.2 Å². The Hall–Kier alpha value is -1.87. The first kappa shape index (κ1) is 15.0. The van der Waals surface area contributed by atoms with Crippen molar-refractivity contribution in [1.29, 1.82) is 0 Å². The van der Waals surface area contributed by atoms with Gasteiger partial charge in [0.25, 0.3) is 15.9 Å². The first-order valence-corrected chi connectivity index (χ1v) is 8.45. The number of sulfonamides is 1. The number of hydrogen-bond donors (Lipinski definition) is 2. The molecule has 2 aliphatic heterocycles. The van der Waals surface area contributed by atoms with Crippen LogP contribution in [-0.4, -0.2) is 43.3 Å². The van der Waals surface area contributed by atoms with Crippen LogP contribution in [0, 0.1) is 5.92 Å². The van der Waals surface area contributed by atoms with Crippen molar-refractivity contribution in [2.24, 2.45) is 5.92 Å². The molecule has 3 rings (SSSR count). The molecule has 0 spiro atoms. The minimum Gasteiger partial charge on any atom is -0.452 e. The van der Waals surface area contributed by atoms with Crippen LogP contribution in [0.1, 0.15) is 19.8 Å². The van der Waals surface area contributed by atoms with Gasteiger partial charge in [0.1, 0.15) is 5.54 Å². The van der Waals surface area contributed by atoms with Gasteiger partial charge in [0.15, 0.2) is 0 Å². The molecule has 0 saturated carbocycles. The summed E-state index contributed by atoms with van der Waals surface area (Å²) in [5.74, 6) is -0.466. The van der Waals surface area contributed by atoms with Gasteiger partial charge in [0, 0.05) is 13.1 Å². The van der Waals surface area contributed by atoms with E-state index in [1.54, 1.807) is 6.92 Å². The van der Waals surface area contributed by atoms with Crippen molar-refractivity contribution < 1.29 is 22.4 Å². The van der Waals surface area contributed by atoms with Crippen molar-refractivity contribution >= 4 is 22.0 Å². The van der Waals surface area contributed by atoms with E-state index >= 15 is 0 Å². The number of urea groups is 1. The summed E-state index contributed by atoms with van der Waals surface area (Å²) in [6.07, 6.45) is 2.30. The molecule has 0 aliphatic carbocycles. The summed E-state index contributed by atoms with van der Waals surface area (Å²) < 4.78 is 31.0. The zero-order chi connectivity index (χ0) is 16.0. The summed E-state index contributed by atoms with van der Waals surface area (Å²) in [5, 5.41) is 4.80. The number of hydrogen-bond acceptors (Lipinski definition) is 5. The summed E-state index contributed by atoms with van der Waals surface area (Å²) in [6.45, 7) is 2.24. The van der Waals surface area contributed by atoms with Gasteiger partial charge in [-0.15, -0.1) is 0 Å². The number of nitrogens with zero attached hydrogens (tertiary/aromatic N) is 1. The Morgan fingerprint density at radius 1 is 1.32 bits per heavy atom. The molecular weight excluding hydrogens is 310 g/mol. The number of carbonyl (C=O) groups is 2. The highest BCUT2D eigenvalue weighted by molar-refractivity contribution is 7.89. The lowest BCUT2D eigenvalue weighted by molar-refractivity contribution is -0.125.